The fraction of sp³-hybridized carbons (Fsp3) is 0.667. The van der Waals surface area contributed by atoms with Crippen molar-refractivity contribution >= 4 is 17.8 Å². The molecule has 0 aromatic carbocycles. The monoisotopic (exact) mass is 245 g/mol. The predicted molar refractivity (Wildman–Crippen MR) is 54.9 cm³/mol. The SMILES string of the molecule is NC(=O)C[C@@H](NO)C(=O)N1CCC[C@H]1C(=O)O. The molecule has 1 fully saturated rings. The van der Waals surface area contributed by atoms with Gasteiger partial charge in [-0.3, -0.25) is 9.59 Å². The maximum Gasteiger partial charge on any atom is 0.326 e. The lowest BCUT2D eigenvalue weighted by Crippen LogP contribution is -2.50. The van der Waals surface area contributed by atoms with Crippen molar-refractivity contribution in [3.05, 3.63) is 0 Å². The Morgan fingerprint density at radius 1 is 1.47 bits per heavy atom. The molecule has 2 atom stereocenters. The summed E-state index contributed by atoms with van der Waals surface area (Å²) in [6.45, 7) is 0.298. The maximum atomic E-state index is 11.9. The molecule has 1 saturated heterocycles. The standard InChI is InChI=1S/C9H15N3O5/c10-7(13)4-5(11-17)8(14)12-3-1-2-6(12)9(15)16/h5-6,11,17H,1-4H2,(H2,10,13)(H,15,16)/t5-,6+/m1/s1. The van der Waals surface area contributed by atoms with Crippen molar-refractivity contribution in [2.75, 3.05) is 6.54 Å². The molecule has 1 rings (SSSR count). The number of rotatable bonds is 5. The Kier molecular flexibility index (Phi) is 4.41. The molecule has 2 amide bonds. The van der Waals surface area contributed by atoms with Crippen molar-refractivity contribution < 1.29 is 24.7 Å². The Balaban J connectivity index is 2.73. The second-order valence-corrected chi connectivity index (χ2v) is 3.88. The minimum Gasteiger partial charge on any atom is -0.480 e. The van der Waals surface area contributed by atoms with Crippen molar-refractivity contribution in [2.24, 2.45) is 5.73 Å². The highest BCUT2D eigenvalue weighted by Gasteiger charge is 2.37. The summed E-state index contributed by atoms with van der Waals surface area (Å²) >= 11 is 0. The molecule has 0 unspecified atom stereocenters. The zero-order chi connectivity index (χ0) is 13.0. The average Bonchev–Trinajstić information content (AvgIpc) is 2.73. The zero-order valence-electron chi connectivity index (χ0n) is 9.13. The molecule has 0 bridgehead atoms. The first kappa shape index (κ1) is 13.4. The van der Waals surface area contributed by atoms with Gasteiger partial charge in [-0.2, -0.15) is 5.48 Å². The molecule has 1 aliphatic rings. The predicted octanol–water partition coefficient (Wildman–Crippen LogP) is -1.72. The van der Waals surface area contributed by atoms with E-state index in [1.54, 1.807) is 5.48 Å². The Labute approximate surface area is 97.3 Å². The van der Waals surface area contributed by atoms with Gasteiger partial charge in [-0.1, -0.05) is 0 Å². The van der Waals surface area contributed by atoms with Crippen LogP contribution in [0, 0.1) is 0 Å². The molecule has 0 spiro atoms. The van der Waals surface area contributed by atoms with E-state index >= 15 is 0 Å². The van der Waals surface area contributed by atoms with Gasteiger partial charge in [-0.15, -0.1) is 0 Å². The van der Waals surface area contributed by atoms with Crippen LogP contribution in [0.2, 0.25) is 0 Å². The number of nitrogens with zero attached hydrogens (tertiary/aromatic N) is 1. The first-order chi connectivity index (χ1) is 7.97. The minimum absolute atomic E-state index is 0.298. The number of hydrogen-bond acceptors (Lipinski definition) is 5. The van der Waals surface area contributed by atoms with Crippen LogP contribution >= 0.6 is 0 Å². The van der Waals surface area contributed by atoms with Crippen molar-refractivity contribution in [2.45, 2.75) is 31.3 Å². The molecule has 0 radical (unpaired) electrons. The van der Waals surface area contributed by atoms with Gasteiger partial charge < -0.3 is 20.9 Å². The fourth-order valence-corrected chi connectivity index (χ4v) is 1.88. The van der Waals surface area contributed by atoms with E-state index in [0.29, 0.717) is 19.4 Å². The van der Waals surface area contributed by atoms with Gasteiger partial charge in [0.25, 0.3) is 0 Å². The number of carbonyl (C=O) groups excluding carboxylic acids is 2. The van der Waals surface area contributed by atoms with Crippen molar-refractivity contribution in [3.63, 3.8) is 0 Å². The number of carbonyl (C=O) groups is 3. The van der Waals surface area contributed by atoms with E-state index in [0.717, 1.165) is 4.90 Å². The van der Waals surface area contributed by atoms with Crippen LogP contribution < -0.4 is 11.2 Å². The van der Waals surface area contributed by atoms with Gasteiger partial charge in [0.15, 0.2) is 0 Å². The Hall–Kier alpha value is -1.67. The van der Waals surface area contributed by atoms with Crippen LogP contribution in [0.5, 0.6) is 0 Å². The Bertz CT molecular complexity index is 333. The summed E-state index contributed by atoms with van der Waals surface area (Å²) in [4.78, 5) is 34.6. The molecular weight excluding hydrogens is 230 g/mol. The number of nitrogens with two attached hydrogens (primary N) is 1. The number of carboxylic acid groups (broad SMARTS) is 1. The van der Waals surface area contributed by atoms with Gasteiger partial charge in [0.05, 0.1) is 6.42 Å². The summed E-state index contributed by atoms with van der Waals surface area (Å²) in [6, 6.07) is -2.08. The highest BCUT2D eigenvalue weighted by atomic mass is 16.5. The number of amides is 2. The summed E-state index contributed by atoms with van der Waals surface area (Å²) in [7, 11) is 0. The van der Waals surface area contributed by atoms with Gasteiger partial charge >= 0.3 is 5.97 Å². The van der Waals surface area contributed by atoms with Gasteiger partial charge in [0.1, 0.15) is 12.1 Å². The van der Waals surface area contributed by atoms with E-state index < -0.39 is 29.9 Å². The van der Waals surface area contributed by atoms with Crippen LogP contribution in [0.4, 0.5) is 0 Å². The maximum absolute atomic E-state index is 11.9. The molecule has 8 heteroatoms. The number of nitrogens with one attached hydrogen (secondary N) is 1. The van der Waals surface area contributed by atoms with E-state index in [1.165, 1.54) is 0 Å². The van der Waals surface area contributed by atoms with Gasteiger partial charge in [0, 0.05) is 6.54 Å². The quantitative estimate of drug-likeness (QED) is 0.426. The molecule has 8 nitrogen and oxygen atoms in total. The van der Waals surface area contributed by atoms with Crippen molar-refractivity contribution in [3.8, 4) is 0 Å². The van der Waals surface area contributed by atoms with E-state index in [9.17, 15) is 14.4 Å². The smallest absolute Gasteiger partial charge is 0.326 e. The lowest BCUT2D eigenvalue weighted by atomic mass is 10.1. The number of aliphatic carboxylic acids is 1. The van der Waals surface area contributed by atoms with E-state index in [2.05, 4.69) is 0 Å². The molecule has 5 N–H and O–H groups in total. The van der Waals surface area contributed by atoms with Crippen LogP contribution in [0.1, 0.15) is 19.3 Å². The Morgan fingerprint density at radius 3 is 2.59 bits per heavy atom. The van der Waals surface area contributed by atoms with Gasteiger partial charge in [0.2, 0.25) is 11.8 Å². The molecule has 1 aliphatic heterocycles. The molecule has 0 aliphatic carbocycles. The number of primary amides is 1. The van der Waals surface area contributed by atoms with Crippen molar-refractivity contribution in [1.29, 1.82) is 0 Å². The third kappa shape index (κ3) is 3.14. The lowest BCUT2D eigenvalue weighted by molar-refractivity contribution is -0.150. The van der Waals surface area contributed by atoms with E-state index in [-0.39, 0.29) is 6.42 Å². The summed E-state index contributed by atoms with van der Waals surface area (Å²) in [5.41, 5.74) is 6.61. The summed E-state index contributed by atoms with van der Waals surface area (Å²) in [5.74, 6) is -2.47. The number of hydroxylamine groups is 1. The number of hydrogen-bond donors (Lipinski definition) is 4. The first-order valence-corrected chi connectivity index (χ1v) is 5.18. The molecule has 0 aromatic heterocycles. The normalized spacial score (nSPS) is 21.2. The van der Waals surface area contributed by atoms with Gasteiger partial charge in [-0.05, 0) is 12.8 Å². The summed E-state index contributed by atoms with van der Waals surface area (Å²) in [6.07, 6.45) is 0.575. The van der Waals surface area contributed by atoms with Crippen LogP contribution in [0.3, 0.4) is 0 Å². The summed E-state index contributed by atoms with van der Waals surface area (Å²) < 4.78 is 0. The largest absolute Gasteiger partial charge is 0.480 e. The highest BCUT2D eigenvalue weighted by molar-refractivity contribution is 5.90. The third-order valence-electron chi connectivity index (χ3n) is 2.68. The fourth-order valence-electron chi connectivity index (χ4n) is 1.88. The molecular formula is C9H15N3O5. The topological polar surface area (TPSA) is 133 Å². The van der Waals surface area contributed by atoms with Gasteiger partial charge in [-0.25, -0.2) is 4.79 Å². The number of likely N-dealkylation sites (tertiary alicyclic amines) is 1. The van der Waals surface area contributed by atoms with Crippen molar-refractivity contribution in [1.82, 2.24) is 10.4 Å². The number of carboxylic acids is 1. The molecule has 17 heavy (non-hydrogen) atoms. The molecule has 0 saturated carbocycles. The zero-order valence-corrected chi connectivity index (χ0v) is 9.13. The summed E-state index contributed by atoms with van der Waals surface area (Å²) in [5, 5.41) is 17.7. The van der Waals surface area contributed by atoms with Crippen LogP contribution in [-0.2, 0) is 14.4 Å². The lowest BCUT2D eigenvalue weighted by Gasteiger charge is -2.25. The van der Waals surface area contributed by atoms with E-state index in [1.807, 2.05) is 0 Å². The van der Waals surface area contributed by atoms with Crippen LogP contribution in [0.25, 0.3) is 0 Å². The second-order valence-electron chi connectivity index (χ2n) is 3.88. The molecule has 0 aromatic rings. The second kappa shape index (κ2) is 5.60. The minimum atomic E-state index is -1.19. The van der Waals surface area contributed by atoms with Crippen LogP contribution in [0.15, 0.2) is 0 Å². The molecule has 1 heterocycles. The average molecular weight is 245 g/mol. The van der Waals surface area contributed by atoms with Crippen LogP contribution in [-0.4, -0.2) is 51.6 Å². The third-order valence-corrected chi connectivity index (χ3v) is 2.68. The molecule has 96 valence electrons. The highest BCUT2D eigenvalue weighted by Crippen LogP contribution is 2.18. The Morgan fingerprint density at radius 2 is 2.12 bits per heavy atom. The van der Waals surface area contributed by atoms with E-state index in [4.69, 9.17) is 16.0 Å². The first-order valence-electron chi connectivity index (χ1n) is 5.18.